The van der Waals surface area contributed by atoms with E-state index in [1.54, 1.807) is 6.20 Å². The average molecular weight is 173 g/mol. The first-order valence-corrected chi connectivity index (χ1v) is 4.24. The lowest BCUT2D eigenvalue weighted by molar-refractivity contribution is 0.823. The van der Waals surface area contributed by atoms with Gasteiger partial charge in [0.1, 0.15) is 0 Å². The summed E-state index contributed by atoms with van der Waals surface area (Å²) >= 11 is 0. The van der Waals surface area contributed by atoms with Crippen LogP contribution in [0.1, 0.15) is 5.56 Å². The van der Waals surface area contributed by atoms with Crippen LogP contribution in [0.3, 0.4) is 0 Å². The van der Waals surface area contributed by atoms with Gasteiger partial charge in [0.2, 0.25) is 0 Å². The maximum absolute atomic E-state index is 3.88. The number of hydrogen-bond acceptors (Lipinski definition) is 3. The SMILES string of the molecule is CNCc1cccc2cnncc12. The van der Waals surface area contributed by atoms with E-state index >= 15 is 0 Å². The number of benzene rings is 1. The normalized spacial score (nSPS) is 10.5. The number of rotatable bonds is 2. The molecular weight excluding hydrogens is 162 g/mol. The van der Waals surface area contributed by atoms with E-state index in [2.05, 4.69) is 21.6 Å². The average Bonchev–Trinajstić information content (AvgIpc) is 2.19. The number of nitrogens with one attached hydrogen (secondary N) is 1. The Morgan fingerprint density at radius 2 is 2.08 bits per heavy atom. The molecule has 0 spiro atoms. The van der Waals surface area contributed by atoms with E-state index in [4.69, 9.17) is 0 Å². The van der Waals surface area contributed by atoms with Gasteiger partial charge in [0.05, 0.1) is 12.4 Å². The molecule has 1 aromatic heterocycles. The molecule has 1 heterocycles. The third-order valence-corrected chi connectivity index (χ3v) is 2.05. The van der Waals surface area contributed by atoms with Gasteiger partial charge in [0, 0.05) is 17.3 Å². The minimum absolute atomic E-state index is 0.864. The van der Waals surface area contributed by atoms with Crippen molar-refractivity contribution in [1.29, 1.82) is 0 Å². The summed E-state index contributed by atoms with van der Waals surface area (Å²) in [5.74, 6) is 0. The van der Waals surface area contributed by atoms with Gasteiger partial charge in [0.25, 0.3) is 0 Å². The highest BCUT2D eigenvalue weighted by atomic mass is 15.1. The zero-order valence-electron chi connectivity index (χ0n) is 7.49. The first kappa shape index (κ1) is 8.13. The van der Waals surface area contributed by atoms with Crippen LogP contribution in [-0.4, -0.2) is 17.2 Å². The smallest absolute Gasteiger partial charge is 0.0577 e. The molecule has 13 heavy (non-hydrogen) atoms. The van der Waals surface area contributed by atoms with Crippen molar-refractivity contribution in [3.8, 4) is 0 Å². The van der Waals surface area contributed by atoms with E-state index in [1.165, 1.54) is 10.9 Å². The number of nitrogens with zero attached hydrogens (tertiary/aromatic N) is 2. The summed E-state index contributed by atoms with van der Waals surface area (Å²) < 4.78 is 0. The Labute approximate surface area is 76.8 Å². The van der Waals surface area contributed by atoms with Crippen LogP contribution in [-0.2, 0) is 6.54 Å². The fourth-order valence-electron chi connectivity index (χ4n) is 1.43. The van der Waals surface area contributed by atoms with Crippen molar-refractivity contribution < 1.29 is 0 Å². The van der Waals surface area contributed by atoms with Crippen LogP contribution in [0.2, 0.25) is 0 Å². The third-order valence-electron chi connectivity index (χ3n) is 2.05. The van der Waals surface area contributed by atoms with Crippen LogP contribution in [0.15, 0.2) is 30.6 Å². The Kier molecular flexibility index (Phi) is 2.19. The fraction of sp³-hybridized carbons (Fsp3) is 0.200. The minimum Gasteiger partial charge on any atom is -0.316 e. The lowest BCUT2D eigenvalue weighted by Gasteiger charge is -2.03. The first-order chi connectivity index (χ1) is 6.42. The van der Waals surface area contributed by atoms with Crippen LogP contribution < -0.4 is 5.32 Å². The van der Waals surface area contributed by atoms with Gasteiger partial charge >= 0.3 is 0 Å². The molecule has 0 amide bonds. The Morgan fingerprint density at radius 3 is 2.92 bits per heavy atom. The standard InChI is InChI=1S/C10H11N3/c1-11-5-8-3-2-4-9-6-12-13-7-10(8)9/h2-4,6-7,11H,5H2,1H3. The Hall–Kier alpha value is -1.48. The molecule has 0 bridgehead atoms. The van der Waals surface area contributed by atoms with E-state index in [-0.39, 0.29) is 0 Å². The molecule has 2 aromatic rings. The van der Waals surface area contributed by atoms with E-state index in [0.29, 0.717) is 0 Å². The lowest BCUT2D eigenvalue weighted by Crippen LogP contribution is -2.05. The molecule has 0 aliphatic rings. The lowest BCUT2D eigenvalue weighted by atomic mass is 10.1. The summed E-state index contributed by atoms with van der Waals surface area (Å²) in [5.41, 5.74) is 1.26. The molecule has 0 saturated carbocycles. The molecule has 0 aliphatic heterocycles. The van der Waals surface area contributed by atoms with Crippen molar-refractivity contribution in [3.05, 3.63) is 36.2 Å². The predicted molar refractivity (Wildman–Crippen MR) is 52.3 cm³/mol. The van der Waals surface area contributed by atoms with Gasteiger partial charge in [-0.1, -0.05) is 18.2 Å². The van der Waals surface area contributed by atoms with E-state index in [1.807, 2.05) is 25.4 Å². The summed E-state index contributed by atoms with van der Waals surface area (Å²) in [4.78, 5) is 0. The fourth-order valence-corrected chi connectivity index (χ4v) is 1.43. The van der Waals surface area contributed by atoms with Crippen LogP contribution in [0.25, 0.3) is 10.8 Å². The Bertz CT molecular complexity index is 406. The Balaban J connectivity index is 2.61. The number of aromatic nitrogens is 2. The van der Waals surface area contributed by atoms with Crippen LogP contribution in [0, 0.1) is 0 Å². The first-order valence-electron chi connectivity index (χ1n) is 4.24. The quantitative estimate of drug-likeness (QED) is 0.745. The predicted octanol–water partition coefficient (Wildman–Crippen LogP) is 1.35. The minimum atomic E-state index is 0.864. The molecule has 2 rings (SSSR count). The molecule has 0 unspecified atom stereocenters. The van der Waals surface area contributed by atoms with Gasteiger partial charge in [-0.15, -0.1) is 0 Å². The maximum Gasteiger partial charge on any atom is 0.0577 e. The van der Waals surface area contributed by atoms with Crippen molar-refractivity contribution in [2.24, 2.45) is 0 Å². The zero-order valence-corrected chi connectivity index (χ0v) is 7.49. The van der Waals surface area contributed by atoms with Gasteiger partial charge in [-0.3, -0.25) is 0 Å². The monoisotopic (exact) mass is 173 g/mol. The summed E-state index contributed by atoms with van der Waals surface area (Å²) in [5, 5.41) is 13.2. The summed E-state index contributed by atoms with van der Waals surface area (Å²) in [6.07, 6.45) is 3.59. The zero-order chi connectivity index (χ0) is 9.10. The molecule has 66 valence electrons. The van der Waals surface area contributed by atoms with Crippen LogP contribution >= 0.6 is 0 Å². The molecule has 0 aliphatic carbocycles. The molecule has 0 radical (unpaired) electrons. The summed E-state index contributed by atoms with van der Waals surface area (Å²) in [6, 6.07) is 6.18. The second-order valence-electron chi connectivity index (χ2n) is 2.94. The molecule has 1 N–H and O–H groups in total. The van der Waals surface area contributed by atoms with Crippen molar-refractivity contribution >= 4 is 10.8 Å². The highest BCUT2D eigenvalue weighted by Crippen LogP contribution is 2.15. The molecule has 3 nitrogen and oxygen atoms in total. The van der Waals surface area contributed by atoms with E-state index < -0.39 is 0 Å². The second kappa shape index (κ2) is 3.49. The molecule has 3 heteroatoms. The van der Waals surface area contributed by atoms with E-state index in [0.717, 1.165) is 11.9 Å². The van der Waals surface area contributed by atoms with Gasteiger partial charge in [0.15, 0.2) is 0 Å². The summed E-state index contributed by atoms with van der Waals surface area (Å²) in [6.45, 7) is 0.864. The van der Waals surface area contributed by atoms with Crippen LogP contribution in [0.5, 0.6) is 0 Å². The molecule has 0 fully saturated rings. The van der Waals surface area contributed by atoms with Gasteiger partial charge in [-0.2, -0.15) is 10.2 Å². The van der Waals surface area contributed by atoms with Crippen molar-refractivity contribution in [2.75, 3.05) is 7.05 Å². The van der Waals surface area contributed by atoms with Crippen LogP contribution in [0.4, 0.5) is 0 Å². The second-order valence-corrected chi connectivity index (χ2v) is 2.94. The topological polar surface area (TPSA) is 37.8 Å². The third kappa shape index (κ3) is 1.51. The molecule has 1 aromatic carbocycles. The largest absolute Gasteiger partial charge is 0.316 e. The van der Waals surface area contributed by atoms with Crippen molar-refractivity contribution in [3.63, 3.8) is 0 Å². The molecule has 0 atom stereocenters. The van der Waals surface area contributed by atoms with Crippen molar-refractivity contribution in [2.45, 2.75) is 6.54 Å². The highest BCUT2D eigenvalue weighted by molar-refractivity contribution is 5.83. The maximum atomic E-state index is 3.88. The van der Waals surface area contributed by atoms with Gasteiger partial charge in [-0.05, 0) is 12.6 Å². The number of hydrogen-bond donors (Lipinski definition) is 1. The van der Waals surface area contributed by atoms with Gasteiger partial charge < -0.3 is 5.32 Å². The molecule has 0 saturated heterocycles. The summed E-state index contributed by atoms with van der Waals surface area (Å²) in [7, 11) is 1.94. The molecular formula is C10H11N3. The highest BCUT2D eigenvalue weighted by Gasteiger charge is 1.98. The van der Waals surface area contributed by atoms with Crippen molar-refractivity contribution in [1.82, 2.24) is 15.5 Å². The van der Waals surface area contributed by atoms with E-state index in [9.17, 15) is 0 Å². The van der Waals surface area contributed by atoms with Gasteiger partial charge in [-0.25, -0.2) is 0 Å². The number of fused-ring (bicyclic) bond motifs is 1. The Morgan fingerprint density at radius 1 is 1.23 bits per heavy atom.